The molecule has 4 aromatic rings. The summed E-state index contributed by atoms with van der Waals surface area (Å²) in [5, 5.41) is 18.4. The number of aromatic nitrogens is 2. The third-order valence-electron chi connectivity index (χ3n) is 13.0. The van der Waals surface area contributed by atoms with Crippen molar-refractivity contribution in [3.63, 3.8) is 0 Å². The number of amides is 5. The number of pyridine rings is 2. The Morgan fingerprint density at radius 3 is 1.41 bits per heavy atom. The van der Waals surface area contributed by atoms with Crippen molar-refractivity contribution >= 4 is 59.4 Å². The molecule has 2 aromatic heterocycles. The molecule has 0 radical (unpaired) electrons. The van der Waals surface area contributed by atoms with E-state index in [9.17, 15) is 24.3 Å². The topological polar surface area (TPSA) is 185 Å². The lowest BCUT2D eigenvalue weighted by Gasteiger charge is -2.28. The van der Waals surface area contributed by atoms with Crippen LogP contribution in [-0.2, 0) is 9.47 Å². The Kier molecular flexibility index (Phi) is 20.6. The predicted molar refractivity (Wildman–Crippen MR) is 280 cm³/mol. The number of nitrogens with zero attached hydrogens (tertiary/aromatic N) is 7. The van der Waals surface area contributed by atoms with Crippen molar-refractivity contribution in [2.75, 3.05) is 127 Å². The number of benzene rings is 2. The summed E-state index contributed by atoms with van der Waals surface area (Å²) < 4.78 is 10.9. The quantitative estimate of drug-likeness (QED) is 0.120. The van der Waals surface area contributed by atoms with Crippen molar-refractivity contribution in [3.8, 4) is 22.3 Å². The summed E-state index contributed by atoms with van der Waals surface area (Å²) in [6.07, 6.45) is 4.29. The fourth-order valence-electron chi connectivity index (χ4n) is 8.83. The maximum atomic E-state index is 12.8. The second-order valence-corrected chi connectivity index (χ2v) is 18.3. The molecule has 17 nitrogen and oxygen atoms in total. The number of aromatic carboxylic acids is 1. The number of carboxylic acids is 1. The molecule has 18 heteroatoms. The van der Waals surface area contributed by atoms with E-state index in [4.69, 9.17) is 9.47 Å². The van der Waals surface area contributed by atoms with E-state index in [-0.39, 0.29) is 36.1 Å². The van der Waals surface area contributed by atoms with Crippen LogP contribution in [-0.4, -0.2) is 161 Å². The number of hydrogen-bond donors (Lipinski definition) is 4. The van der Waals surface area contributed by atoms with Crippen LogP contribution in [0.15, 0.2) is 60.7 Å². The first-order valence-electron chi connectivity index (χ1n) is 24.3. The Morgan fingerprint density at radius 1 is 0.643 bits per heavy atom. The van der Waals surface area contributed by atoms with Crippen LogP contribution in [0.5, 0.6) is 0 Å². The number of urea groups is 2. The van der Waals surface area contributed by atoms with Crippen LogP contribution in [0.4, 0.5) is 32.6 Å². The fraction of sp³-hybridized carbons (Fsp3) is 0.500. The van der Waals surface area contributed by atoms with Gasteiger partial charge in [-0.2, -0.15) is 0 Å². The zero-order valence-corrected chi connectivity index (χ0v) is 43.0. The van der Waals surface area contributed by atoms with E-state index >= 15 is 0 Å². The van der Waals surface area contributed by atoms with Crippen LogP contribution in [0, 0.1) is 25.7 Å². The van der Waals surface area contributed by atoms with Crippen molar-refractivity contribution in [1.82, 2.24) is 30.0 Å². The number of morpholine rings is 2. The number of anilines is 4. The molecule has 2 aromatic carbocycles. The summed E-state index contributed by atoms with van der Waals surface area (Å²) in [5.41, 5.74) is 7.40. The van der Waals surface area contributed by atoms with E-state index in [0.717, 1.165) is 110 Å². The van der Waals surface area contributed by atoms with Gasteiger partial charge in [0.25, 0.3) is 5.91 Å². The second-order valence-electron chi connectivity index (χ2n) is 18.3. The predicted octanol–water partition coefficient (Wildman–Crippen LogP) is 7.97. The largest absolute Gasteiger partial charge is 0.477 e. The number of ether oxygens (including phenoxy) is 2. The lowest BCUT2D eigenvalue weighted by Crippen LogP contribution is -2.37. The molecule has 4 N–H and O–H groups in total. The number of carbonyl (C=O) groups is 4. The van der Waals surface area contributed by atoms with E-state index in [2.05, 4.69) is 44.7 Å². The van der Waals surface area contributed by atoms with Gasteiger partial charge in [0.15, 0.2) is 5.69 Å². The number of hydrogen-bond acceptors (Lipinski definition) is 11. The number of carboxylic acid groups (broad SMARTS) is 1. The smallest absolute Gasteiger partial charge is 0.354 e. The lowest BCUT2D eigenvalue weighted by atomic mass is 9.99. The number of nitrogens with one attached hydrogen (secondary N) is 3. The van der Waals surface area contributed by atoms with Gasteiger partial charge in [-0.1, -0.05) is 38.8 Å². The molecule has 4 aliphatic heterocycles. The minimum Gasteiger partial charge on any atom is -0.477 e. The molecular weight excluding hydrogens is 912 g/mol. The Balaban J connectivity index is 0.000000244. The molecule has 6 heterocycles. The first kappa shape index (κ1) is 54.9. The van der Waals surface area contributed by atoms with Crippen LogP contribution in [0.25, 0.3) is 22.3 Å². The van der Waals surface area contributed by atoms with E-state index in [0.29, 0.717) is 68.6 Å². The number of halogens is 1. The van der Waals surface area contributed by atoms with Crippen molar-refractivity contribution in [2.45, 2.75) is 53.4 Å². The van der Waals surface area contributed by atoms with Gasteiger partial charge in [-0.15, -0.1) is 12.4 Å². The molecule has 0 saturated carbocycles. The Bertz CT molecular complexity index is 2410. The number of carbonyl (C=O) groups excluding carboxylic acids is 3. The Hall–Kier alpha value is -6.01. The molecule has 8 rings (SSSR count). The summed E-state index contributed by atoms with van der Waals surface area (Å²) in [6.45, 7) is 16.8. The third kappa shape index (κ3) is 14.5. The molecule has 70 heavy (non-hydrogen) atoms. The summed E-state index contributed by atoms with van der Waals surface area (Å²) in [5.74, 6) is 1.34. The fourth-order valence-corrected chi connectivity index (χ4v) is 8.83. The average molecular weight is 986 g/mol. The van der Waals surface area contributed by atoms with Crippen molar-refractivity contribution in [3.05, 3.63) is 83.2 Å². The molecule has 2 atom stereocenters. The van der Waals surface area contributed by atoms with Gasteiger partial charge in [0, 0.05) is 77.8 Å². The van der Waals surface area contributed by atoms with Crippen LogP contribution in [0.2, 0.25) is 0 Å². The number of aryl methyl sites for hydroxylation is 2. The molecular formula is C52H73ClN10O7. The normalized spacial score (nSPS) is 17.6. The maximum absolute atomic E-state index is 12.8. The number of rotatable bonds is 10. The van der Waals surface area contributed by atoms with Gasteiger partial charge in [-0.3, -0.25) is 4.79 Å². The zero-order valence-electron chi connectivity index (χ0n) is 42.2. The van der Waals surface area contributed by atoms with Crippen LogP contribution < -0.4 is 25.8 Å². The van der Waals surface area contributed by atoms with Gasteiger partial charge in [-0.05, 0) is 135 Å². The Morgan fingerprint density at radius 2 is 1.04 bits per heavy atom. The van der Waals surface area contributed by atoms with Crippen molar-refractivity contribution < 1.29 is 33.8 Å². The molecule has 5 amide bonds. The van der Waals surface area contributed by atoms with Gasteiger partial charge in [0.05, 0.1) is 26.4 Å². The first-order valence-corrected chi connectivity index (χ1v) is 24.3. The summed E-state index contributed by atoms with van der Waals surface area (Å²) >= 11 is 0. The van der Waals surface area contributed by atoms with Crippen LogP contribution >= 0.6 is 12.4 Å². The highest BCUT2D eigenvalue weighted by Gasteiger charge is 2.27. The zero-order chi connectivity index (χ0) is 49.6. The highest BCUT2D eigenvalue weighted by molar-refractivity contribution is 5.95. The molecule has 0 unspecified atom stereocenters. The highest BCUT2D eigenvalue weighted by Crippen LogP contribution is 2.33. The number of likely N-dealkylation sites (tertiary alicyclic amines) is 2. The van der Waals surface area contributed by atoms with Crippen LogP contribution in [0.3, 0.4) is 0 Å². The van der Waals surface area contributed by atoms with Gasteiger partial charge in [0.1, 0.15) is 17.3 Å². The van der Waals surface area contributed by atoms with Gasteiger partial charge in [-0.25, -0.2) is 24.4 Å². The van der Waals surface area contributed by atoms with E-state index in [1.807, 2.05) is 97.2 Å². The van der Waals surface area contributed by atoms with Crippen molar-refractivity contribution in [2.24, 2.45) is 11.8 Å². The molecule has 380 valence electrons. The monoisotopic (exact) mass is 985 g/mol. The summed E-state index contributed by atoms with van der Waals surface area (Å²) in [7, 11) is 7.21. The van der Waals surface area contributed by atoms with E-state index < -0.39 is 5.97 Å². The van der Waals surface area contributed by atoms with E-state index in [1.165, 1.54) is 0 Å². The van der Waals surface area contributed by atoms with Gasteiger partial charge in [0.2, 0.25) is 0 Å². The maximum Gasteiger partial charge on any atom is 0.354 e. The molecule has 4 fully saturated rings. The van der Waals surface area contributed by atoms with Gasteiger partial charge >= 0.3 is 18.0 Å². The van der Waals surface area contributed by atoms with Crippen LogP contribution in [0.1, 0.15) is 71.6 Å². The highest BCUT2D eigenvalue weighted by atomic mass is 35.5. The average Bonchev–Trinajstić information content (AvgIpc) is 4.07. The van der Waals surface area contributed by atoms with Crippen molar-refractivity contribution in [1.29, 1.82) is 0 Å². The SMILES string of the molecule is CC[C@@H]1CCN(C(=O)Nc2ccc(C)c(-c3cc(C(=O)N(C)C)nc(N4CCOCC4)c3)c2)C1.CC[C@@H]1CCN(C(=O)Nc2ccc(C)c(-c3cc(C(=O)O)nc(N4CCOCC4)c3)c2)C1.CNC.Cl. The second kappa shape index (κ2) is 26.3. The Labute approximate surface area is 419 Å². The van der Waals surface area contributed by atoms with Gasteiger partial charge < -0.3 is 55.0 Å². The first-order chi connectivity index (χ1) is 33.2. The summed E-state index contributed by atoms with van der Waals surface area (Å²) in [4.78, 5) is 68.6. The molecule has 0 spiro atoms. The lowest BCUT2D eigenvalue weighted by molar-refractivity contribution is 0.0689. The minimum absolute atomic E-state index is 0. The standard InChI is InChI=1S/C26H35N5O3.C24H30N4O4.C2H7N.ClH/c1-5-19-8-9-31(17-19)26(33)27-21-7-6-18(2)22(16-21)20-14-23(25(32)29(3)4)28-24(15-20)30-10-12-34-13-11-30;1-3-17-6-7-28(15-17)24(31)25-19-5-4-16(2)20(14-19)18-12-21(23(29)30)26-22(13-18)27-8-10-32-11-9-27;1-3-2;/h6-7,14-16,19H,5,8-13,17H2,1-4H3,(H,27,33);4-5,12-14,17H,3,6-11,15H2,1-2H3,(H,25,31)(H,29,30);3H,1-2H3;1H/t19-;17-;;/m11../s1. The molecule has 0 aliphatic carbocycles. The van der Waals surface area contributed by atoms with E-state index in [1.54, 1.807) is 25.1 Å². The third-order valence-corrected chi connectivity index (χ3v) is 13.0. The minimum atomic E-state index is -1.07. The molecule has 4 aliphatic rings. The summed E-state index contributed by atoms with van der Waals surface area (Å²) in [6, 6.07) is 18.9. The molecule has 4 saturated heterocycles. The molecule has 0 bridgehead atoms.